The Balaban J connectivity index is 1.70. The number of fused-ring (bicyclic) bond motifs is 1. The van der Waals surface area contributed by atoms with Crippen LogP contribution in [-0.2, 0) is 11.3 Å². The number of nitrogens with one attached hydrogen (secondary N) is 1. The Hall–Kier alpha value is -2.56. The van der Waals surface area contributed by atoms with Gasteiger partial charge in [-0.15, -0.1) is 0 Å². The van der Waals surface area contributed by atoms with E-state index >= 15 is 0 Å². The molecule has 0 aliphatic carbocycles. The van der Waals surface area contributed by atoms with Crippen LogP contribution in [0.15, 0.2) is 36.7 Å². The number of carboxylic acids is 1. The third kappa shape index (κ3) is 3.92. The number of aromatic nitrogens is 3. The normalized spacial score (nSPS) is 11.2. The summed E-state index contributed by atoms with van der Waals surface area (Å²) in [7, 11) is 0. The van der Waals surface area contributed by atoms with Crippen LogP contribution in [0.25, 0.3) is 22.4 Å². The first-order valence-electron chi connectivity index (χ1n) is 8.98. The van der Waals surface area contributed by atoms with Gasteiger partial charge in [0, 0.05) is 36.3 Å². The van der Waals surface area contributed by atoms with Gasteiger partial charge in [0.25, 0.3) is 0 Å². The first-order chi connectivity index (χ1) is 12.2. The van der Waals surface area contributed by atoms with Gasteiger partial charge in [-0.3, -0.25) is 4.79 Å². The fraction of sp³-hybridized carbons (Fsp3) is 0.400. The number of carboxylic acid groups (broad SMARTS) is 1. The fourth-order valence-electron chi connectivity index (χ4n) is 3.49. The summed E-state index contributed by atoms with van der Waals surface area (Å²) in [4.78, 5) is 18.2. The molecule has 0 saturated carbocycles. The summed E-state index contributed by atoms with van der Waals surface area (Å²) in [6.45, 7) is 3.10. The van der Waals surface area contributed by atoms with Gasteiger partial charge in [-0.05, 0) is 31.4 Å². The average Bonchev–Trinajstić information content (AvgIpc) is 3.21. The second-order valence-electron chi connectivity index (χ2n) is 6.49. The molecule has 3 aromatic rings. The number of aliphatic carboxylic acids is 1. The molecule has 0 atom stereocenters. The highest BCUT2D eigenvalue weighted by Gasteiger charge is 2.16. The second-order valence-corrected chi connectivity index (χ2v) is 6.49. The molecule has 2 heterocycles. The monoisotopic (exact) mass is 339 g/mol. The van der Waals surface area contributed by atoms with Crippen molar-refractivity contribution in [2.24, 2.45) is 0 Å². The first-order valence-corrected chi connectivity index (χ1v) is 8.98. The van der Waals surface area contributed by atoms with Gasteiger partial charge >= 0.3 is 5.97 Å². The van der Waals surface area contributed by atoms with E-state index in [1.54, 1.807) is 6.20 Å². The molecule has 5 heteroatoms. The molecule has 0 radical (unpaired) electrons. The van der Waals surface area contributed by atoms with E-state index in [0.29, 0.717) is 0 Å². The lowest BCUT2D eigenvalue weighted by Crippen LogP contribution is -2.02. The number of imidazole rings is 1. The van der Waals surface area contributed by atoms with Gasteiger partial charge in [0.15, 0.2) is 5.82 Å². The number of carbonyl (C=O) groups is 1. The van der Waals surface area contributed by atoms with Crippen molar-refractivity contribution >= 4 is 16.9 Å². The van der Waals surface area contributed by atoms with Gasteiger partial charge in [0.05, 0.1) is 5.69 Å². The van der Waals surface area contributed by atoms with Crippen molar-refractivity contribution in [3.63, 3.8) is 0 Å². The molecule has 0 aliphatic rings. The van der Waals surface area contributed by atoms with Crippen LogP contribution in [0.2, 0.25) is 0 Å². The third-order valence-electron chi connectivity index (χ3n) is 4.72. The Labute approximate surface area is 147 Å². The number of hydrogen-bond donors (Lipinski definition) is 2. The molecule has 2 aromatic heterocycles. The van der Waals surface area contributed by atoms with E-state index in [1.807, 2.05) is 6.20 Å². The Morgan fingerprint density at radius 3 is 2.68 bits per heavy atom. The van der Waals surface area contributed by atoms with E-state index in [0.717, 1.165) is 50.2 Å². The van der Waals surface area contributed by atoms with E-state index in [-0.39, 0.29) is 6.42 Å². The molecule has 25 heavy (non-hydrogen) atoms. The van der Waals surface area contributed by atoms with Gasteiger partial charge in [-0.2, -0.15) is 0 Å². The molecular formula is C20H25N3O2. The number of nitrogens with zero attached hydrogens (tertiary/aromatic N) is 2. The van der Waals surface area contributed by atoms with E-state index in [2.05, 4.69) is 45.7 Å². The minimum atomic E-state index is -0.697. The van der Waals surface area contributed by atoms with Crippen molar-refractivity contribution in [3.05, 3.63) is 42.2 Å². The average molecular weight is 339 g/mol. The summed E-state index contributed by atoms with van der Waals surface area (Å²) < 4.78 is 2.36. The van der Waals surface area contributed by atoms with Crippen LogP contribution in [0.5, 0.6) is 0 Å². The van der Waals surface area contributed by atoms with Crippen molar-refractivity contribution in [2.75, 3.05) is 0 Å². The summed E-state index contributed by atoms with van der Waals surface area (Å²) in [6, 6.07) is 8.49. The molecule has 1 aromatic carbocycles. The molecule has 0 bridgehead atoms. The predicted molar refractivity (Wildman–Crippen MR) is 99.6 cm³/mol. The first kappa shape index (κ1) is 17.3. The molecule has 0 saturated heterocycles. The van der Waals surface area contributed by atoms with E-state index in [4.69, 9.17) is 5.11 Å². The van der Waals surface area contributed by atoms with Gasteiger partial charge in [-0.1, -0.05) is 37.5 Å². The minimum absolute atomic E-state index is 0.282. The molecule has 0 spiro atoms. The number of para-hydroxylation sites is 1. The zero-order valence-corrected chi connectivity index (χ0v) is 14.7. The lowest BCUT2D eigenvalue weighted by molar-refractivity contribution is -0.137. The second kappa shape index (κ2) is 8.01. The Morgan fingerprint density at radius 2 is 1.92 bits per heavy atom. The number of H-pyrrole nitrogens is 1. The molecule has 2 N–H and O–H groups in total. The summed E-state index contributed by atoms with van der Waals surface area (Å²) in [6.07, 6.45) is 8.98. The van der Waals surface area contributed by atoms with Crippen molar-refractivity contribution < 1.29 is 9.90 Å². The predicted octanol–water partition coefficient (Wildman–Crippen LogP) is 4.77. The quantitative estimate of drug-likeness (QED) is 0.552. The summed E-state index contributed by atoms with van der Waals surface area (Å²) >= 11 is 0. The number of aryl methyl sites for hydroxylation is 2. The Morgan fingerprint density at radius 1 is 1.16 bits per heavy atom. The zero-order chi connectivity index (χ0) is 17.6. The SMILES string of the molecule is Cc1c(-c2ncc[nH]2)n(CCCCCCCC(=O)O)c2ccccc12. The summed E-state index contributed by atoms with van der Waals surface area (Å²) in [5.41, 5.74) is 3.67. The molecule has 5 nitrogen and oxygen atoms in total. The maximum absolute atomic E-state index is 10.5. The highest BCUT2D eigenvalue weighted by atomic mass is 16.4. The number of unbranched alkanes of at least 4 members (excludes halogenated alkanes) is 4. The van der Waals surface area contributed by atoms with Gasteiger partial charge in [0.2, 0.25) is 0 Å². The van der Waals surface area contributed by atoms with Crippen molar-refractivity contribution in [2.45, 2.75) is 52.0 Å². The summed E-state index contributed by atoms with van der Waals surface area (Å²) in [5, 5.41) is 9.95. The van der Waals surface area contributed by atoms with Crippen molar-refractivity contribution in [1.82, 2.24) is 14.5 Å². The lowest BCUT2D eigenvalue weighted by atomic mass is 10.1. The third-order valence-corrected chi connectivity index (χ3v) is 4.72. The Bertz CT molecular complexity index is 834. The van der Waals surface area contributed by atoms with Crippen LogP contribution in [-0.4, -0.2) is 25.6 Å². The molecule has 0 unspecified atom stereocenters. The zero-order valence-electron chi connectivity index (χ0n) is 14.7. The van der Waals surface area contributed by atoms with Gasteiger partial charge in [0.1, 0.15) is 0 Å². The highest BCUT2D eigenvalue weighted by molar-refractivity contribution is 5.90. The smallest absolute Gasteiger partial charge is 0.303 e. The van der Waals surface area contributed by atoms with Crippen LogP contribution in [0, 0.1) is 6.92 Å². The number of hydrogen-bond acceptors (Lipinski definition) is 2. The molecule has 132 valence electrons. The van der Waals surface area contributed by atoms with Crippen molar-refractivity contribution in [1.29, 1.82) is 0 Å². The van der Waals surface area contributed by atoms with Crippen LogP contribution >= 0.6 is 0 Å². The van der Waals surface area contributed by atoms with E-state index < -0.39 is 5.97 Å². The molecule has 0 amide bonds. The maximum atomic E-state index is 10.5. The molecule has 0 aliphatic heterocycles. The van der Waals surface area contributed by atoms with Crippen LogP contribution in [0.4, 0.5) is 0 Å². The van der Waals surface area contributed by atoms with Crippen molar-refractivity contribution in [3.8, 4) is 11.5 Å². The topological polar surface area (TPSA) is 70.9 Å². The number of aromatic amines is 1. The van der Waals surface area contributed by atoms with E-state index in [1.165, 1.54) is 16.5 Å². The minimum Gasteiger partial charge on any atom is -0.481 e. The van der Waals surface area contributed by atoms with Crippen LogP contribution < -0.4 is 0 Å². The lowest BCUT2D eigenvalue weighted by Gasteiger charge is -2.10. The summed E-state index contributed by atoms with van der Waals surface area (Å²) in [5.74, 6) is 0.215. The number of benzene rings is 1. The maximum Gasteiger partial charge on any atom is 0.303 e. The standard InChI is InChI=1S/C20H25N3O2/c1-15-16-9-6-7-10-17(16)23(19(15)20-21-12-13-22-20)14-8-4-2-3-5-11-18(24)25/h6-7,9-10,12-13H,2-5,8,11,14H2,1H3,(H,21,22)(H,24,25). The van der Waals surface area contributed by atoms with Crippen LogP contribution in [0.3, 0.4) is 0 Å². The molecular weight excluding hydrogens is 314 g/mol. The van der Waals surface area contributed by atoms with Gasteiger partial charge in [-0.25, -0.2) is 4.98 Å². The molecule has 0 fully saturated rings. The number of rotatable bonds is 9. The van der Waals surface area contributed by atoms with E-state index in [9.17, 15) is 4.79 Å². The largest absolute Gasteiger partial charge is 0.481 e. The highest BCUT2D eigenvalue weighted by Crippen LogP contribution is 2.31. The van der Waals surface area contributed by atoms with Crippen LogP contribution in [0.1, 0.15) is 44.1 Å². The molecule has 3 rings (SSSR count). The van der Waals surface area contributed by atoms with Gasteiger partial charge < -0.3 is 14.7 Å². The Kier molecular flexibility index (Phi) is 5.53. The fourth-order valence-corrected chi connectivity index (χ4v) is 3.49.